The van der Waals surface area contributed by atoms with Crippen molar-refractivity contribution in [3.05, 3.63) is 59.7 Å². The van der Waals surface area contributed by atoms with Gasteiger partial charge in [0.25, 0.3) is 0 Å². The van der Waals surface area contributed by atoms with Crippen LogP contribution in [0.3, 0.4) is 0 Å². The molecule has 2 aromatic rings. The molecule has 3 heteroatoms. The summed E-state index contributed by atoms with van der Waals surface area (Å²) in [4.78, 5) is 3.01. The lowest BCUT2D eigenvalue weighted by Crippen LogP contribution is -2.12. The van der Waals surface area contributed by atoms with E-state index in [4.69, 9.17) is 5.73 Å². The largest absolute Gasteiger partial charge is 0.363 e. The lowest BCUT2D eigenvalue weighted by atomic mass is 10.1. The Labute approximate surface area is 81.6 Å². The number of nitrogens with two attached hydrogens (primary N) is 1. The molecular formula is C11H11FN2. The molecule has 0 fully saturated rings. The summed E-state index contributed by atoms with van der Waals surface area (Å²) in [7, 11) is 0. The molecule has 3 N–H and O–H groups in total. The van der Waals surface area contributed by atoms with E-state index >= 15 is 0 Å². The third-order valence-electron chi connectivity index (χ3n) is 2.16. The van der Waals surface area contributed by atoms with Crippen molar-refractivity contribution < 1.29 is 4.39 Å². The van der Waals surface area contributed by atoms with Gasteiger partial charge in [0.2, 0.25) is 0 Å². The maximum Gasteiger partial charge on any atom is 0.123 e. The van der Waals surface area contributed by atoms with Crippen LogP contribution in [0.15, 0.2) is 42.6 Å². The monoisotopic (exact) mass is 190 g/mol. The molecule has 0 saturated heterocycles. The number of hydrogen-bond donors (Lipinski definition) is 2. The van der Waals surface area contributed by atoms with Gasteiger partial charge in [0.05, 0.1) is 6.04 Å². The molecule has 1 heterocycles. The topological polar surface area (TPSA) is 41.8 Å². The van der Waals surface area contributed by atoms with Crippen LogP contribution in [-0.4, -0.2) is 4.98 Å². The summed E-state index contributed by atoms with van der Waals surface area (Å²) < 4.78 is 12.9. The second-order valence-electron chi connectivity index (χ2n) is 3.16. The summed E-state index contributed by atoms with van der Waals surface area (Å²) in [6, 6.07) is 9.79. The first-order valence-electron chi connectivity index (χ1n) is 4.42. The molecule has 1 atom stereocenters. The van der Waals surface area contributed by atoms with Gasteiger partial charge in [-0.15, -0.1) is 0 Å². The van der Waals surface area contributed by atoms with Gasteiger partial charge in [-0.2, -0.15) is 0 Å². The Morgan fingerprint density at radius 3 is 2.71 bits per heavy atom. The number of hydrogen-bond acceptors (Lipinski definition) is 1. The minimum atomic E-state index is -0.291. The van der Waals surface area contributed by atoms with Crippen molar-refractivity contribution in [1.29, 1.82) is 0 Å². The van der Waals surface area contributed by atoms with E-state index < -0.39 is 0 Å². The third-order valence-corrected chi connectivity index (χ3v) is 2.16. The van der Waals surface area contributed by atoms with Crippen molar-refractivity contribution in [2.24, 2.45) is 5.73 Å². The van der Waals surface area contributed by atoms with Crippen molar-refractivity contribution in [1.82, 2.24) is 4.98 Å². The molecule has 0 saturated carbocycles. The van der Waals surface area contributed by atoms with Crippen LogP contribution in [0, 0.1) is 5.82 Å². The molecule has 0 radical (unpaired) electrons. The summed E-state index contributed by atoms with van der Waals surface area (Å²) in [6.07, 6.45) is 1.80. The number of benzene rings is 1. The number of H-pyrrole nitrogens is 1. The van der Waals surface area contributed by atoms with Crippen LogP contribution >= 0.6 is 0 Å². The molecule has 72 valence electrons. The van der Waals surface area contributed by atoms with E-state index in [-0.39, 0.29) is 11.9 Å². The smallest absolute Gasteiger partial charge is 0.123 e. The highest BCUT2D eigenvalue weighted by Gasteiger charge is 2.09. The number of aromatic amines is 1. The van der Waals surface area contributed by atoms with Gasteiger partial charge in [0.1, 0.15) is 5.82 Å². The maximum atomic E-state index is 12.9. The van der Waals surface area contributed by atoms with Crippen LogP contribution in [0.1, 0.15) is 17.3 Å². The van der Waals surface area contributed by atoms with Crippen molar-refractivity contribution >= 4 is 0 Å². The predicted octanol–water partition coefficient (Wildman–Crippen LogP) is 2.20. The molecule has 2 nitrogen and oxygen atoms in total. The highest BCUT2D eigenvalue weighted by molar-refractivity contribution is 5.27. The van der Waals surface area contributed by atoms with Gasteiger partial charge in [-0.1, -0.05) is 12.1 Å². The summed E-state index contributed by atoms with van der Waals surface area (Å²) in [5, 5.41) is 0. The molecule has 0 amide bonds. The van der Waals surface area contributed by atoms with Crippen LogP contribution in [0.4, 0.5) is 4.39 Å². The van der Waals surface area contributed by atoms with Gasteiger partial charge < -0.3 is 10.7 Å². The standard InChI is InChI=1S/C11H11FN2/c12-9-4-1-3-8(7-9)11(13)10-5-2-6-14-10/h1-7,11,14H,13H2. The fraction of sp³-hybridized carbons (Fsp3) is 0.0909. The molecule has 0 aliphatic heterocycles. The molecule has 1 unspecified atom stereocenters. The number of halogens is 1. The third kappa shape index (κ3) is 1.67. The number of nitrogens with one attached hydrogen (secondary N) is 1. The average molecular weight is 190 g/mol. The number of rotatable bonds is 2. The molecule has 0 aliphatic carbocycles. The molecule has 1 aromatic heterocycles. The van der Waals surface area contributed by atoms with Gasteiger partial charge >= 0.3 is 0 Å². The van der Waals surface area contributed by atoms with Crippen molar-refractivity contribution in [2.45, 2.75) is 6.04 Å². The Morgan fingerprint density at radius 2 is 2.07 bits per heavy atom. The van der Waals surface area contributed by atoms with Gasteiger partial charge in [-0.3, -0.25) is 0 Å². The highest BCUT2D eigenvalue weighted by Crippen LogP contribution is 2.18. The Hall–Kier alpha value is -1.61. The lowest BCUT2D eigenvalue weighted by molar-refractivity contribution is 0.623. The van der Waals surface area contributed by atoms with E-state index in [1.54, 1.807) is 12.3 Å². The first-order chi connectivity index (χ1) is 6.77. The van der Waals surface area contributed by atoms with Crippen LogP contribution in [-0.2, 0) is 0 Å². The minimum Gasteiger partial charge on any atom is -0.363 e. The first kappa shape index (κ1) is 8.97. The van der Waals surface area contributed by atoms with Crippen molar-refractivity contribution in [3.8, 4) is 0 Å². The molecule has 2 rings (SSSR count). The van der Waals surface area contributed by atoms with E-state index in [0.29, 0.717) is 0 Å². The van der Waals surface area contributed by atoms with Crippen LogP contribution in [0.5, 0.6) is 0 Å². The molecule has 0 spiro atoms. The fourth-order valence-electron chi connectivity index (χ4n) is 1.42. The van der Waals surface area contributed by atoms with Crippen LogP contribution < -0.4 is 5.73 Å². The van der Waals surface area contributed by atoms with E-state index in [0.717, 1.165) is 11.3 Å². The summed E-state index contributed by atoms with van der Waals surface area (Å²) in [5.41, 5.74) is 7.59. The predicted molar refractivity (Wildman–Crippen MR) is 53.2 cm³/mol. The molecule has 0 aliphatic rings. The highest BCUT2D eigenvalue weighted by atomic mass is 19.1. The zero-order valence-electron chi connectivity index (χ0n) is 7.57. The van der Waals surface area contributed by atoms with Crippen molar-refractivity contribution in [3.63, 3.8) is 0 Å². The van der Waals surface area contributed by atoms with E-state index in [1.807, 2.05) is 18.2 Å². The summed E-state index contributed by atoms with van der Waals surface area (Å²) in [6.45, 7) is 0. The quantitative estimate of drug-likeness (QED) is 0.749. The van der Waals surface area contributed by atoms with Gasteiger partial charge in [0, 0.05) is 11.9 Å². The lowest BCUT2D eigenvalue weighted by Gasteiger charge is -2.09. The Kier molecular flexibility index (Phi) is 2.33. The zero-order valence-corrected chi connectivity index (χ0v) is 7.57. The van der Waals surface area contributed by atoms with Crippen LogP contribution in [0.25, 0.3) is 0 Å². The van der Waals surface area contributed by atoms with E-state index in [2.05, 4.69) is 4.98 Å². The molecule has 0 bridgehead atoms. The normalized spacial score (nSPS) is 12.7. The van der Waals surface area contributed by atoms with Crippen LogP contribution in [0.2, 0.25) is 0 Å². The molecule has 1 aromatic carbocycles. The zero-order chi connectivity index (χ0) is 9.97. The van der Waals surface area contributed by atoms with Crippen molar-refractivity contribution in [2.75, 3.05) is 0 Å². The molecular weight excluding hydrogens is 179 g/mol. The Morgan fingerprint density at radius 1 is 1.21 bits per heavy atom. The van der Waals surface area contributed by atoms with E-state index in [9.17, 15) is 4.39 Å². The maximum absolute atomic E-state index is 12.9. The molecule has 14 heavy (non-hydrogen) atoms. The SMILES string of the molecule is NC(c1cccc(F)c1)c1ccc[nH]1. The fourth-order valence-corrected chi connectivity index (χ4v) is 1.42. The summed E-state index contributed by atoms with van der Waals surface area (Å²) in [5.74, 6) is -0.260. The minimum absolute atomic E-state index is 0.260. The first-order valence-corrected chi connectivity index (χ1v) is 4.42. The average Bonchev–Trinajstić information content (AvgIpc) is 2.69. The Bertz CT molecular complexity index is 409. The number of aromatic nitrogens is 1. The van der Waals surface area contributed by atoms with Gasteiger partial charge in [0.15, 0.2) is 0 Å². The second-order valence-corrected chi connectivity index (χ2v) is 3.16. The summed E-state index contributed by atoms with van der Waals surface area (Å²) >= 11 is 0. The van der Waals surface area contributed by atoms with Gasteiger partial charge in [-0.25, -0.2) is 4.39 Å². The second kappa shape index (κ2) is 3.64. The van der Waals surface area contributed by atoms with Gasteiger partial charge in [-0.05, 0) is 29.8 Å². The van der Waals surface area contributed by atoms with E-state index in [1.165, 1.54) is 12.1 Å². The Balaban J connectivity index is 2.32.